The zero-order valence-electron chi connectivity index (χ0n) is 8.58. The minimum absolute atomic E-state index is 0.0186. The van der Waals surface area contributed by atoms with Crippen LogP contribution in [0.1, 0.15) is 16.2 Å². The van der Waals surface area contributed by atoms with E-state index in [4.69, 9.17) is 11.5 Å². The molecule has 0 aromatic carbocycles. The van der Waals surface area contributed by atoms with Gasteiger partial charge in [0, 0.05) is 11.9 Å². The van der Waals surface area contributed by atoms with Gasteiger partial charge in [0.1, 0.15) is 0 Å². The summed E-state index contributed by atoms with van der Waals surface area (Å²) in [5, 5.41) is 3.91. The van der Waals surface area contributed by atoms with Gasteiger partial charge in [-0.15, -0.1) is 0 Å². The van der Waals surface area contributed by atoms with Crippen LogP contribution in [-0.4, -0.2) is 25.7 Å². The summed E-state index contributed by atoms with van der Waals surface area (Å²) >= 11 is 0. The van der Waals surface area contributed by atoms with E-state index in [0.717, 1.165) is 5.69 Å². The highest BCUT2D eigenvalue weighted by Crippen LogP contribution is 2.10. The summed E-state index contributed by atoms with van der Waals surface area (Å²) in [5.41, 5.74) is 11.7. The Labute approximate surface area is 91.1 Å². The van der Waals surface area contributed by atoms with E-state index in [0.29, 0.717) is 5.95 Å². The largest absolute Gasteiger partial charge is 0.395 e. The average Bonchev–Trinajstić information content (AvgIpc) is 2.60. The van der Waals surface area contributed by atoms with Crippen LogP contribution in [-0.2, 0) is 0 Å². The van der Waals surface area contributed by atoms with Crippen LogP contribution in [0.15, 0.2) is 18.5 Å². The normalized spacial score (nSPS) is 10.3. The SMILES string of the molecule is Cc1ccnc(-n2cc(N)c(C(N)=O)n2)n1. The van der Waals surface area contributed by atoms with E-state index in [9.17, 15) is 4.79 Å². The molecule has 2 rings (SSSR count). The highest BCUT2D eigenvalue weighted by atomic mass is 16.1. The first-order valence-corrected chi connectivity index (χ1v) is 4.53. The first-order chi connectivity index (χ1) is 7.58. The first kappa shape index (κ1) is 10.1. The number of hydrogen-bond acceptors (Lipinski definition) is 5. The third-order valence-corrected chi connectivity index (χ3v) is 1.96. The van der Waals surface area contributed by atoms with E-state index >= 15 is 0 Å². The highest BCUT2D eigenvalue weighted by Gasteiger charge is 2.13. The molecule has 0 saturated heterocycles. The van der Waals surface area contributed by atoms with Crippen molar-refractivity contribution in [2.75, 3.05) is 5.73 Å². The zero-order valence-corrected chi connectivity index (χ0v) is 8.58. The van der Waals surface area contributed by atoms with Gasteiger partial charge in [-0.1, -0.05) is 0 Å². The lowest BCUT2D eigenvalue weighted by molar-refractivity contribution is 0.0996. The molecule has 7 nitrogen and oxygen atoms in total. The molecule has 0 unspecified atom stereocenters. The van der Waals surface area contributed by atoms with Gasteiger partial charge in [0.2, 0.25) is 0 Å². The lowest BCUT2D eigenvalue weighted by Crippen LogP contribution is -2.14. The number of amides is 1. The van der Waals surface area contributed by atoms with Crippen LogP contribution in [0, 0.1) is 6.92 Å². The van der Waals surface area contributed by atoms with E-state index in [1.54, 1.807) is 12.3 Å². The van der Waals surface area contributed by atoms with Gasteiger partial charge in [-0.25, -0.2) is 14.6 Å². The van der Waals surface area contributed by atoms with E-state index in [2.05, 4.69) is 15.1 Å². The second-order valence-electron chi connectivity index (χ2n) is 3.24. The monoisotopic (exact) mass is 218 g/mol. The number of aryl methyl sites for hydroxylation is 1. The Hall–Kier alpha value is -2.44. The topological polar surface area (TPSA) is 113 Å². The third kappa shape index (κ3) is 1.70. The summed E-state index contributed by atoms with van der Waals surface area (Å²) in [6.07, 6.45) is 3.05. The lowest BCUT2D eigenvalue weighted by atomic mass is 10.4. The maximum Gasteiger partial charge on any atom is 0.271 e. The summed E-state index contributed by atoms with van der Waals surface area (Å²) in [5.74, 6) is -0.330. The molecule has 4 N–H and O–H groups in total. The molecular formula is C9H10N6O. The number of hydrogen-bond donors (Lipinski definition) is 2. The molecule has 0 spiro atoms. The predicted molar refractivity (Wildman–Crippen MR) is 56.8 cm³/mol. The average molecular weight is 218 g/mol. The smallest absolute Gasteiger partial charge is 0.271 e. The molecule has 0 saturated carbocycles. The molecule has 2 aromatic heterocycles. The molecule has 2 aromatic rings. The summed E-state index contributed by atoms with van der Waals surface area (Å²) < 4.78 is 1.32. The van der Waals surface area contributed by atoms with Gasteiger partial charge < -0.3 is 11.5 Å². The fraction of sp³-hybridized carbons (Fsp3) is 0.111. The number of nitrogen functional groups attached to an aromatic ring is 1. The minimum Gasteiger partial charge on any atom is -0.395 e. The molecule has 0 aliphatic carbocycles. The van der Waals surface area contributed by atoms with Gasteiger partial charge in [-0.3, -0.25) is 4.79 Å². The summed E-state index contributed by atoms with van der Waals surface area (Å²) in [7, 11) is 0. The number of primary amides is 1. The number of anilines is 1. The maximum absolute atomic E-state index is 11.0. The Kier molecular flexibility index (Phi) is 2.28. The molecule has 1 amide bonds. The van der Waals surface area contributed by atoms with Crippen LogP contribution in [0.5, 0.6) is 0 Å². The Morgan fingerprint density at radius 3 is 2.81 bits per heavy atom. The highest BCUT2D eigenvalue weighted by molar-refractivity contribution is 5.95. The van der Waals surface area contributed by atoms with Crippen molar-refractivity contribution < 1.29 is 4.79 Å². The lowest BCUT2D eigenvalue weighted by Gasteiger charge is -1.98. The van der Waals surface area contributed by atoms with Crippen LogP contribution in [0.3, 0.4) is 0 Å². The molecule has 0 aliphatic heterocycles. The number of aromatic nitrogens is 4. The van der Waals surface area contributed by atoms with Crippen LogP contribution < -0.4 is 11.5 Å². The van der Waals surface area contributed by atoms with Crippen molar-refractivity contribution in [2.45, 2.75) is 6.92 Å². The van der Waals surface area contributed by atoms with Crippen molar-refractivity contribution in [2.24, 2.45) is 5.73 Å². The molecule has 0 bridgehead atoms. The van der Waals surface area contributed by atoms with Crippen molar-refractivity contribution in [1.29, 1.82) is 0 Å². The van der Waals surface area contributed by atoms with Crippen molar-refractivity contribution >= 4 is 11.6 Å². The second kappa shape index (κ2) is 3.61. The summed E-state index contributed by atoms with van der Waals surface area (Å²) in [4.78, 5) is 19.1. The molecule has 0 fully saturated rings. The minimum atomic E-state index is -0.677. The van der Waals surface area contributed by atoms with E-state index in [1.165, 1.54) is 10.9 Å². The number of carbonyl (C=O) groups is 1. The van der Waals surface area contributed by atoms with Crippen LogP contribution in [0.4, 0.5) is 5.69 Å². The number of nitrogens with zero attached hydrogens (tertiary/aromatic N) is 4. The van der Waals surface area contributed by atoms with Crippen molar-refractivity contribution in [3.8, 4) is 5.95 Å². The Balaban J connectivity index is 2.49. The van der Waals surface area contributed by atoms with Gasteiger partial charge in [-0.2, -0.15) is 5.10 Å². The predicted octanol–water partition coefficient (Wildman–Crippen LogP) is -0.348. The number of rotatable bonds is 2. The standard InChI is InChI=1S/C9H10N6O/c1-5-2-3-12-9(13-5)15-4-6(10)7(14-15)8(11)16/h2-4H,10H2,1H3,(H2,11,16). The Morgan fingerprint density at radius 2 is 2.25 bits per heavy atom. The van der Waals surface area contributed by atoms with Crippen LogP contribution >= 0.6 is 0 Å². The van der Waals surface area contributed by atoms with Gasteiger partial charge >= 0.3 is 0 Å². The van der Waals surface area contributed by atoms with Crippen molar-refractivity contribution in [1.82, 2.24) is 19.7 Å². The van der Waals surface area contributed by atoms with Gasteiger partial charge in [0.05, 0.1) is 11.9 Å². The van der Waals surface area contributed by atoms with Crippen LogP contribution in [0.25, 0.3) is 5.95 Å². The van der Waals surface area contributed by atoms with Crippen LogP contribution in [0.2, 0.25) is 0 Å². The number of carbonyl (C=O) groups excluding carboxylic acids is 1. The van der Waals surface area contributed by atoms with E-state index < -0.39 is 5.91 Å². The molecule has 0 radical (unpaired) electrons. The quantitative estimate of drug-likeness (QED) is 0.715. The molecule has 7 heteroatoms. The van der Waals surface area contributed by atoms with Crippen molar-refractivity contribution in [3.05, 3.63) is 29.8 Å². The molecule has 16 heavy (non-hydrogen) atoms. The molecule has 0 atom stereocenters. The Bertz CT molecular complexity index is 547. The van der Waals surface area contributed by atoms with Gasteiger partial charge in [-0.05, 0) is 13.0 Å². The van der Waals surface area contributed by atoms with Gasteiger partial charge in [0.25, 0.3) is 11.9 Å². The molecular weight excluding hydrogens is 208 g/mol. The second-order valence-corrected chi connectivity index (χ2v) is 3.24. The van der Waals surface area contributed by atoms with Gasteiger partial charge in [0.15, 0.2) is 5.69 Å². The maximum atomic E-state index is 11.0. The van der Waals surface area contributed by atoms with Crippen molar-refractivity contribution in [3.63, 3.8) is 0 Å². The third-order valence-electron chi connectivity index (χ3n) is 1.96. The Morgan fingerprint density at radius 1 is 1.50 bits per heavy atom. The summed E-state index contributed by atoms with van der Waals surface area (Å²) in [6.45, 7) is 1.83. The molecule has 0 aliphatic rings. The summed E-state index contributed by atoms with van der Waals surface area (Å²) in [6, 6.07) is 1.76. The van der Waals surface area contributed by atoms with E-state index in [-0.39, 0.29) is 11.4 Å². The fourth-order valence-corrected chi connectivity index (χ4v) is 1.23. The molecule has 82 valence electrons. The fourth-order valence-electron chi connectivity index (χ4n) is 1.23. The molecule has 2 heterocycles. The zero-order chi connectivity index (χ0) is 11.7. The first-order valence-electron chi connectivity index (χ1n) is 4.53. The number of nitrogens with two attached hydrogens (primary N) is 2. The van der Waals surface area contributed by atoms with E-state index in [1.807, 2.05) is 6.92 Å².